The fourth-order valence-electron chi connectivity index (χ4n) is 21.8. The van der Waals surface area contributed by atoms with Crippen LogP contribution in [0.4, 0.5) is 34.1 Å². The topological polar surface area (TPSA) is 16.3 Å². The Morgan fingerprint density at radius 1 is 0.199 bits per heavy atom. The van der Waals surface area contributed by atoms with Gasteiger partial charge in [0.15, 0.2) is 0 Å². The first-order valence-electron chi connectivity index (χ1n) is 48.0. The van der Waals surface area contributed by atoms with Crippen LogP contribution >= 0.6 is 11.3 Å². The largest absolute Gasteiger partial charge is 0.310 e. The number of aromatic nitrogens is 2. The molecule has 22 aromatic rings. The molecule has 19 aromatic carbocycles. The Balaban J connectivity index is 0.884. The van der Waals surface area contributed by atoms with Crippen LogP contribution in [0.15, 0.2) is 419 Å². The lowest BCUT2D eigenvalue weighted by Crippen LogP contribution is -2.61. The number of benzene rings is 19. The quantitative estimate of drug-likeness (QED) is 0.107. The standard InChI is InChI=1S/C130H105BN4S/c1-127(2,3)96-56-64-114-107(76-96)108-77-97(128(4,5)6)57-65-115(108)132(114)100-60-62-112-118(80-100)134(125-102(91-45-27-41-86(69-91)82-33-17-13-18-34-82)50-31-51-103(125)92-46-28-42-87(70-92)83-35-19-14-20-36-83)120-74-95(90-55-68-123-111(73-90)106-49-25-26-54-122(106)136-123)75-121-124(120)131(112)113-63-61-101(133-116-66-58-98(129(7,8)9)78-109(116)110-79-99(130(10,11)12)59-67-117(110)133)81-119(113)135(121)126-104(93-47-29-43-88(71-93)84-37-21-15-22-38-84)52-32-53-105(126)94-48-30-44-89(72-94)85-39-23-16-24-40-85/h13-81H,1-12H3. The molecule has 2 aliphatic rings. The molecule has 0 unspecified atom stereocenters. The molecule has 136 heavy (non-hydrogen) atoms. The average Bonchev–Trinajstić information content (AvgIpc) is 0.813. The van der Waals surface area contributed by atoms with Crippen molar-refractivity contribution in [1.82, 2.24) is 9.13 Å². The molecule has 654 valence electrons. The number of thiophene rings is 1. The molecule has 0 bridgehead atoms. The lowest BCUT2D eigenvalue weighted by Gasteiger charge is -2.46. The summed E-state index contributed by atoms with van der Waals surface area (Å²) in [6.07, 6.45) is 0. The molecule has 0 fully saturated rings. The Morgan fingerprint density at radius 2 is 0.493 bits per heavy atom. The molecule has 24 rings (SSSR count). The van der Waals surface area contributed by atoms with E-state index < -0.39 is 0 Å². The molecule has 5 heterocycles. The molecular formula is C130H105BN4S. The highest BCUT2D eigenvalue weighted by molar-refractivity contribution is 7.25. The third kappa shape index (κ3) is 14.3. The molecule has 6 heteroatoms. The molecule has 0 saturated heterocycles. The van der Waals surface area contributed by atoms with Crippen LogP contribution in [0.25, 0.3) is 175 Å². The number of rotatable bonds is 13. The Labute approximate surface area is 802 Å². The van der Waals surface area contributed by atoms with Crippen molar-refractivity contribution in [1.29, 1.82) is 0 Å². The number of para-hydroxylation sites is 2. The lowest BCUT2D eigenvalue weighted by atomic mass is 9.33. The van der Waals surface area contributed by atoms with Gasteiger partial charge in [0.25, 0.3) is 6.71 Å². The van der Waals surface area contributed by atoms with Gasteiger partial charge in [-0.3, -0.25) is 0 Å². The van der Waals surface area contributed by atoms with Gasteiger partial charge in [-0.2, -0.15) is 0 Å². The highest BCUT2D eigenvalue weighted by Gasteiger charge is 2.47. The van der Waals surface area contributed by atoms with E-state index in [1.165, 1.54) is 80.4 Å². The number of anilines is 6. The van der Waals surface area contributed by atoms with Crippen LogP contribution in [0.2, 0.25) is 0 Å². The van der Waals surface area contributed by atoms with Gasteiger partial charge < -0.3 is 18.9 Å². The Morgan fingerprint density at radius 3 is 0.831 bits per heavy atom. The molecular weight excluding hydrogens is 1660 g/mol. The fourth-order valence-corrected chi connectivity index (χ4v) is 22.8. The fraction of sp³-hybridized carbons (Fsp3) is 0.123. The van der Waals surface area contributed by atoms with Gasteiger partial charge in [-0.25, -0.2) is 0 Å². The van der Waals surface area contributed by atoms with Crippen LogP contribution in [-0.2, 0) is 21.7 Å². The summed E-state index contributed by atoms with van der Waals surface area (Å²) in [5.41, 5.74) is 41.8. The van der Waals surface area contributed by atoms with E-state index in [9.17, 15) is 0 Å². The minimum Gasteiger partial charge on any atom is -0.310 e. The summed E-state index contributed by atoms with van der Waals surface area (Å²) in [5.74, 6) is 0. The predicted octanol–water partition coefficient (Wildman–Crippen LogP) is 34.5. The summed E-state index contributed by atoms with van der Waals surface area (Å²) >= 11 is 1.87. The zero-order valence-corrected chi connectivity index (χ0v) is 79.9. The smallest absolute Gasteiger partial charge is 0.252 e. The van der Waals surface area contributed by atoms with E-state index in [0.717, 1.165) is 168 Å². The van der Waals surface area contributed by atoms with Gasteiger partial charge >= 0.3 is 0 Å². The number of hydrogen-bond donors (Lipinski definition) is 0. The molecule has 0 atom stereocenters. The van der Waals surface area contributed by atoms with Gasteiger partial charge in [-0.1, -0.05) is 374 Å². The van der Waals surface area contributed by atoms with Crippen molar-refractivity contribution in [3.8, 4) is 112 Å². The van der Waals surface area contributed by atoms with Crippen molar-refractivity contribution in [2.75, 3.05) is 9.80 Å². The SMILES string of the molecule is CC(C)(C)c1ccc2c(c1)c1cc(C(C)(C)C)ccc1n2-c1ccc2c(c1)N(c1c(-c3cccc(-c4ccccc4)c3)cccc1-c1cccc(-c3ccccc3)c1)c1cc(-c3ccc4sc5ccccc5c4c3)cc3c1B2c1ccc(-n2c4ccc(C(C)(C)C)cc4c4cc(C(C)(C)C)ccc42)cc1N3c1c(-c2cccc(-c3ccccc3)c2)cccc1-c1cccc(-c2ccccc2)c1. The van der Waals surface area contributed by atoms with E-state index in [1.54, 1.807) is 0 Å². The van der Waals surface area contributed by atoms with Gasteiger partial charge in [0.05, 0.1) is 33.4 Å². The zero-order valence-electron chi connectivity index (χ0n) is 79.1. The van der Waals surface area contributed by atoms with E-state index in [-0.39, 0.29) is 28.4 Å². The summed E-state index contributed by atoms with van der Waals surface area (Å²) in [6.45, 7) is 27.8. The first-order valence-corrected chi connectivity index (χ1v) is 48.8. The van der Waals surface area contributed by atoms with Gasteiger partial charge in [0.1, 0.15) is 0 Å². The van der Waals surface area contributed by atoms with E-state index in [1.807, 2.05) is 11.3 Å². The van der Waals surface area contributed by atoms with Gasteiger partial charge in [-0.05, 0) is 266 Å². The first kappa shape index (κ1) is 83.7. The first-order chi connectivity index (χ1) is 65.9. The molecule has 3 aromatic heterocycles. The van der Waals surface area contributed by atoms with Crippen molar-refractivity contribution in [3.63, 3.8) is 0 Å². The maximum Gasteiger partial charge on any atom is 0.252 e. The third-order valence-electron chi connectivity index (χ3n) is 28.9. The molecule has 4 nitrogen and oxygen atoms in total. The minimum absolute atomic E-state index is 0.107. The molecule has 0 N–H and O–H groups in total. The summed E-state index contributed by atoms with van der Waals surface area (Å²) in [6, 6.07) is 161. The maximum absolute atomic E-state index is 2.77. The van der Waals surface area contributed by atoms with E-state index >= 15 is 0 Å². The van der Waals surface area contributed by atoms with Crippen molar-refractivity contribution in [2.24, 2.45) is 0 Å². The van der Waals surface area contributed by atoms with E-state index in [0.29, 0.717) is 0 Å². The summed E-state index contributed by atoms with van der Waals surface area (Å²) in [7, 11) is 0. The van der Waals surface area contributed by atoms with Crippen LogP contribution < -0.4 is 26.2 Å². The van der Waals surface area contributed by atoms with Crippen molar-refractivity contribution >= 4 is 132 Å². The number of nitrogens with zero attached hydrogens (tertiary/aromatic N) is 4. The Kier molecular flexibility index (Phi) is 19.8. The monoisotopic (exact) mass is 1760 g/mol. The van der Waals surface area contributed by atoms with Gasteiger partial charge in [-0.15, -0.1) is 11.3 Å². The molecule has 2 aliphatic heterocycles. The summed E-state index contributed by atoms with van der Waals surface area (Å²) in [4.78, 5) is 5.53. The van der Waals surface area contributed by atoms with Crippen LogP contribution in [0, 0.1) is 0 Å². The van der Waals surface area contributed by atoms with Gasteiger partial charge in [0.2, 0.25) is 0 Å². The molecule has 0 radical (unpaired) electrons. The van der Waals surface area contributed by atoms with E-state index in [4.69, 9.17) is 0 Å². The van der Waals surface area contributed by atoms with E-state index in [2.05, 4.69) is 521 Å². The van der Waals surface area contributed by atoms with Crippen LogP contribution in [0.5, 0.6) is 0 Å². The Bertz CT molecular complexity index is 7790. The number of fused-ring (bicyclic) bond motifs is 13. The molecule has 0 spiro atoms. The van der Waals surface area contributed by atoms with Crippen LogP contribution in [-0.4, -0.2) is 15.8 Å². The average molecular weight is 1770 g/mol. The second kappa shape index (κ2) is 32.2. The predicted molar refractivity (Wildman–Crippen MR) is 586 cm³/mol. The minimum atomic E-state index is -0.372. The summed E-state index contributed by atoms with van der Waals surface area (Å²) in [5, 5.41) is 7.45. The summed E-state index contributed by atoms with van der Waals surface area (Å²) < 4.78 is 7.69. The zero-order chi connectivity index (χ0) is 92.4. The molecule has 0 saturated carbocycles. The Hall–Kier alpha value is -15.3. The van der Waals surface area contributed by atoms with Crippen molar-refractivity contribution < 1.29 is 0 Å². The normalized spacial score (nSPS) is 12.8. The second-order valence-corrected chi connectivity index (χ2v) is 42.7. The van der Waals surface area contributed by atoms with Crippen LogP contribution in [0.3, 0.4) is 0 Å². The number of hydrogen-bond acceptors (Lipinski definition) is 3. The third-order valence-corrected chi connectivity index (χ3v) is 30.1. The molecule has 0 aliphatic carbocycles. The molecule has 0 amide bonds. The van der Waals surface area contributed by atoms with Crippen molar-refractivity contribution in [3.05, 3.63) is 441 Å². The maximum atomic E-state index is 2.77. The highest BCUT2D eigenvalue weighted by Crippen LogP contribution is 2.57. The lowest BCUT2D eigenvalue weighted by molar-refractivity contribution is 0.590. The highest BCUT2D eigenvalue weighted by atomic mass is 32.1. The van der Waals surface area contributed by atoms with Crippen molar-refractivity contribution in [2.45, 2.75) is 105 Å². The second-order valence-electron chi connectivity index (χ2n) is 41.6. The van der Waals surface area contributed by atoms with Crippen LogP contribution in [0.1, 0.15) is 105 Å². The van der Waals surface area contributed by atoms with Gasteiger partial charge in [0, 0.05) is 98.1 Å².